The van der Waals surface area contributed by atoms with E-state index in [2.05, 4.69) is 40.5 Å². The predicted octanol–water partition coefficient (Wildman–Crippen LogP) is 4.32. The maximum Gasteiger partial charge on any atom is 0.251 e. The van der Waals surface area contributed by atoms with E-state index in [-0.39, 0.29) is 11.9 Å². The number of carbonyl (C=O) groups is 1. The fourth-order valence-corrected chi connectivity index (χ4v) is 4.82. The van der Waals surface area contributed by atoms with E-state index in [1.807, 2.05) is 32.0 Å². The van der Waals surface area contributed by atoms with Crippen molar-refractivity contribution in [1.82, 2.24) is 10.2 Å². The second kappa shape index (κ2) is 8.36. The maximum absolute atomic E-state index is 12.8. The first-order valence-corrected chi connectivity index (χ1v) is 10.5. The topological polar surface area (TPSA) is 41.6 Å². The third-order valence-corrected chi connectivity index (χ3v) is 6.16. The average Bonchev–Trinajstić information content (AvgIpc) is 2.93. The molecule has 2 bridgehead atoms. The van der Waals surface area contributed by atoms with Crippen LogP contribution < -0.4 is 10.1 Å². The second-order valence-corrected chi connectivity index (χ2v) is 8.10. The van der Waals surface area contributed by atoms with E-state index in [0.717, 1.165) is 36.3 Å². The first-order valence-electron chi connectivity index (χ1n) is 10.5. The van der Waals surface area contributed by atoms with Crippen molar-refractivity contribution in [2.75, 3.05) is 6.61 Å². The minimum atomic E-state index is 0.0343. The Morgan fingerprint density at radius 1 is 1.11 bits per heavy atom. The van der Waals surface area contributed by atoms with E-state index in [4.69, 9.17) is 4.74 Å². The predicted molar refractivity (Wildman–Crippen MR) is 112 cm³/mol. The van der Waals surface area contributed by atoms with Gasteiger partial charge in [0.2, 0.25) is 0 Å². The summed E-state index contributed by atoms with van der Waals surface area (Å²) in [6.45, 7) is 5.62. The highest BCUT2D eigenvalue weighted by molar-refractivity contribution is 5.94. The standard InChI is InChI=1S/C24H30N2O2/c1-3-28-23-12-9-19(13-17(23)2)24(27)25-20-14-21-10-11-22(15-20)26(21)16-18-7-5-4-6-8-18/h4-9,12-13,20-22H,3,10-11,14-16H2,1-2H3,(H,25,27). The van der Waals surface area contributed by atoms with Gasteiger partial charge in [0.05, 0.1) is 6.61 Å². The molecule has 0 saturated carbocycles. The quantitative estimate of drug-likeness (QED) is 0.814. The Bertz CT molecular complexity index is 807. The van der Waals surface area contributed by atoms with Gasteiger partial charge in [0.1, 0.15) is 5.75 Å². The van der Waals surface area contributed by atoms with Crippen molar-refractivity contribution in [1.29, 1.82) is 0 Å². The molecule has 0 aromatic heterocycles. The van der Waals surface area contributed by atoms with Crippen molar-refractivity contribution < 1.29 is 9.53 Å². The van der Waals surface area contributed by atoms with Crippen molar-refractivity contribution in [3.05, 3.63) is 65.2 Å². The van der Waals surface area contributed by atoms with Gasteiger partial charge in [0, 0.05) is 30.2 Å². The molecule has 1 N–H and O–H groups in total. The first kappa shape index (κ1) is 19.0. The summed E-state index contributed by atoms with van der Waals surface area (Å²) in [5.74, 6) is 0.887. The van der Waals surface area contributed by atoms with Gasteiger partial charge < -0.3 is 10.1 Å². The lowest BCUT2D eigenvalue weighted by Gasteiger charge is -2.39. The molecule has 1 amide bonds. The van der Waals surface area contributed by atoms with Crippen molar-refractivity contribution >= 4 is 5.91 Å². The SMILES string of the molecule is CCOc1ccc(C(=O)NC2CC3CCC(C2)N3Cc2ccccc2)cc1C. The van der Waals surface area contributed by atoms with Crippen LogP contribution in [0.1, 0.15) is 54.1 Å². The molecular formula is C24H30N2O2. The third-order valence-electron chi connectivity index (χ3n) is 6.16. The zero-order valence-electron chi connectivity index (χ0n) is 16.9. The number of benzene rings is 2. The molecule has 2 heterocycles. The average molecular weight is 379 g/mol. The molecule has 148 valence electrons. The molecule has 2 saturated heterocycles. The molecule has 0 spiro atoms. The molecule has 0 aliphatic carbocycles. The van der Waals surface area contributed by atoms with Crippen LogP contribution >= 0.6 is 0 Å². The summed E-state index contributed by atoms with van der Waals surface area (Å²) in [5.41, 5.74) is 3.11. The van der Waals surface area contributed by atoms with Crippen LogP contribution in [0.5, 0.6) is 5.75 Å². The van der Waals surface area contributed by atoms with E-state index in [1.54, 1.807) is 0 Å². The number of nitrogens with one attached hydrogen (secondary N) is 1. The molecule has 4 nitrogen and oxygen atoms in total. The summed E-state index contributed by atoms with van der Waals surface area (Å²) in [6.07, 6.45) is 4.58. The highest BCUT2D eigenvalue weighted by atomic mass is 16.5. The largest absolute Gasteiger partial charge is 0.494 e. The number of carbonyl (C=O) groups excluding carboxylic acids is 1. The first-order chi connectivity index (χ1) is 13.6. The molecule has 2 aliphatic heterocycles. The van der Waals surface area contributed by atoms with Gasteiger partial charge in [-0.3, -0.25) is 9.69 Å². The van der Waals surface area contributed by atoms with Crippen molar-refractivity contribution in [2.24, 2.45) is 0 Å². The molecular weight excluding hydrogens is 348 g/mol. The molecule has 4 rings (SSSR count). The fourth-order valence-electron chi connectivity index (χ4n) is 4.82. The van der Waals surface area contributed by atoms with Gasteiger partial charge in [0.15, 0.2) is 0 Å². The van der Waals surface area contributed by atoms with E-state index >= 15 is 0 Å². The van der Waals surface area contributed by atoms with Crippen LogP contribution in [0.15, 0.2) is 48.5 Å². The van der Waals surface area contributed by atoms with Gasteiger partial charge in [-0.15, -0.1) is 0 Å². The highest BCUT2D eigenvalue weighted by Gasteiger charge is 2.40. The number of aryl methyl sites for hydroxylation is 1. The number of hydrogen-bond acceptors (Lipinski definition) is 3. The summed E-state index contributed by atoms with van der Waals surface area (Å²) in [6, 6.07) is 17.8. The van der Waals surface area contributed by atoms with Crippen molar-refractivity contribution in [3.63, 3.8) is 0 Å². The Labute approximate surface area is 167 Å². The number of fused-ring (bicyclic) bond motifs is 2. The second-order valence-electron chi connectivity index (χ2n) is 8.10. The van der Waals surface area contributed by atoms with Crippen molar-refractivity contribution in [2.45, 2.75) is 64.2 Å². The number of nitrogens with zero attached hydrogens (tertiary/aromatic N) is 1. The Hall–Kier alpha value is -2.33. The Balaban J connectivity index is 1.37. The van der Waals surface area contributed by atoms with Crippen LogP contribution in [0.3, 0.4) is 0 Å². The Morgan fingerprint density at radius 3 is 2.46 bits per heavy atom. The maximum atomic E-state index is 12.8. The van der Waals surface area contributed by atoms with Crippen molar-refractivity contribution in [3.8, 4) is 5.75 Å². The van der Waals surface area contributed by atoms with E-state index in [1.165, 1.54) is 18.4 Å². The van der Waals surface area contributed by atoms with Gasteiger partial charge in [-0.25, -0.2) is 0 Å². The summed E-state index contributed by atoms with van der Waals surface area (Å²) in [5, 5.41) is 3.29. The molecule has 0 radical (unpaired) electrons. The number of piperidine rings is 1. The van der Waals surface area contributed by atoms with Gasteiger partial charge in [0.25, 0.3) is 5.91 Å². The Morgan fingerprint density at radius 2 is 1.82 bits per heavy atom. The lowest BCUT2D eigenvalue weighted by molar-refractivity contribution is 0.0827. The lowest BCUT2D eigenvalue weighted by Crippen LogP contribution is -2.50. The van der Waals surface area contributed by atoms with Gasteiger partial charge in [-0.05, 0) is 68.9 Å². The summed E-state index contributed by atoms with van der Waals surface area (Å²) < 4.78 is 5.58. The van der Waals surface area contributed by atoms with Crippen LogP contribution in [0.25, 0.3) is 0 Å². The van der Waals surface area contributed by atoms with E-state index in [9.17, 15) is 4.79 Å². The monoisotopic (exact) mass is 378 g/mol. The van der Waals surface area contributed by atoms with Gasteiger partial charge >= 0.3 is 0 Å². The minimum Gasteiger partial charge on any atom is -0.494 e. The van der Waals surface area contributed by atoms with E-state index < -0.39 is 0 Å². The molecule has 2 unspecified atom stereocenters. The summed E-state index contributed by atoms with van der Waals surface area (Å²) in [4.78, 5) is 15.4. The van der Waals surface area contributed by atoms with Gasteiger partial charge in [-0.1, -0.05) is 30.3 Å². The van der Waals surface area contributed by atoms with Crippen LogP contribution in [0.4, 0.5) is 0 Å². The minimum absolute atomic E-state index is 0.0343. The summed E-state index contributed by atoms with van der Waals surface area (Å²) >= 11 is 0. The zero-order valence-corrected chi connectivity index (χ0v) is 16.9. The molecule has 2 aliphatic rings. The fraction of sp³-hybridized carbons (Fsp3) is 0.458. The molecule has 2 fully saturated rings. The number of amides is 1. The zero-order chi connectivity index (χ0) is 19.5. The van der Waals surface area contributed by atoms with Gasteiger partial charge in [-0.2, -0.15) is 0 Å². The number of hydrogen-bond donors (Lipinski definition) is 1. The summed E-state index contributed by atoms with van der Waals surface area (Å²) in [7, 11) is 0. The van der Waals surface area contributed by atoms with Crippen LogP contribution in [-0.4, -0.2) is 35.5 Å². The van der Waals surface area contributed by atoms with Crippen LogP contribution in [0, 0.1) is 6.92 Å². The smallest absolute Gasteiger partial charge is 0.251 e. The number of ether oxygens (including phenoxy) is 1. The molecule has 28 heavy (non-hydrogen) atoms. The van der Waals surface area contributed by atoms with Crippen LogP contribution in [-0.2, 0) is 6.54 Å². The van der Waals surface area contributed by atoms with Crippen LogP contribution in [0.2, 0.25) is 0 Å². The normalized spacial score (nSPS) is 24.1. The lowest BCUT2D eigenvalue weighted by atomic mass is 9.96. The Kier molecular flexibility index (Phi) is 5.67. The number of rotatable bonds is 6. The molecule has 2 aromatic rings. The third kappa shape index (κ3) is 4.07. The molecule has 4 heteroatoms. The van der Waals surface area contributed by atoms with E-state index in [0.29, 0.717) is 18.7 Å². The molecule has 2 atom stereocenters. The molecule has 2 aromatic carbocycles. The highest BCUT2D eigenvalue weighted by Crippen LogP contribution is 2.37.